The van der Waals surface area contributed by atoms with Crippen LogP contribution in [0.2, 0.25) is 0 Å². The van der Waals surface area contributed by atoms with Crippen molar-refractivity contribution in [2.45, 2.75) is 0 Å². The van der Waals surface area contributed by atoms with Crippen molar-refractivity contribution < 1.29 is 4.92 Å². The molecule has 0 saturated carbocycles. The first-order valence-electron chi connectivity index (χ1n) is 3.45. The van der Waals surface area contributed by atoms with Crippen LogP contribution >= 0.6 is 22.9 Å². The first-order chi connectivity index (χ1) is 6.15. The number of benzene rings is 1. The largest absolute Gasteiger partial charge is 0.508 e. The van der Waals surface area contributed by atoms with Gasteiger partial charge < -0.3 is 8.65 Å². The van der Waals surface area contributed by atoms with Gasteiger partial charge in [-0.2, -0.15) is 0 Å². The van der Waals surface area contributed by atoms with Gasteiger partial charge in [-0.15, -0.1) is 0 Å². The molecule has 0 amide bonds. The fourth-order valence-corrected chi connectivity index (χ4v) is 1.08. The minimum absolute atomic E-state index is 0.0885. The Labute approximate surface area is 89.3 Å². The lowest BCUT2D eigenvalue weighted by Crippen LogP contribution is -2.06. The molecule has 0 atom stereocenters. The van der Waals surface area contributed by atoms with Crippen molar-refractivity contribution in [1.82, 2.24) is 0 Å². The van der Waals surface area contributed by atoms with E-state index in [9.17, 15) is 10.1 Å². The van der Waals surface area contributed by atoms with Gasteiger partial charge in [0.25, 0.3) is 5.69 Å². The van der Waals surface area contributed by atoms with Gasteiger partial charge >= 0.3 is 0 Å². The summed E-state index contributed by atoms with van der Waals surface area (Å²) in [5.41, 5.74) is 0.908. The molecule has 13 heavy (non-hydrogen) atoms. The zero-order valence-electron chi connectivity index (χ0n) is 6.85. The third-order valence-electron chi connectivity index (χ3n) is 1.55. The van der Waals surface area contributed by atoms with E-state index < -0.39 is 4.92 Å². The summed E-state index contributed by atoms with van der Waals surface area (Å²) in [6.45, 7) is 0. The molecule has 6 heteroatoms. The summed E-state index contributed by atoms with van der Waals surface area (Å²) in [6.07, 6.45) is 0. The van der Waals surface area contributed by atoms with E-state index >= 15 is 0 Å². The highest BCUT2D eigenvalue weighted by atomic mass is 127. The number of nitrogens with zero attached hydrogens (tertiary/aromatic N) is 3. The van der Waals surface area contributed by atoms with Gasteiger partial charge in [-0.05, 0) is 19.2 Å². The van der Waals surface area contributed by atoms with Crippen molar-refractivity contribution in [2.75, 3.05) is 12.1 Å². The molecule has 0 unspecified atom stereocenters. The standard InChI is InChI=1S/C7H7IN3O2/c1-10(9-8)6-2-4-7(5-3-6)11(12)13/h2-5H,1H3/q-1. The Balaban J connectivity index is 2.87. The first-order valence-corrected chi connectivity index (χ1v) is 4.41. The van der Waals surface area contributed by atoms with Crippen molar-refractivity contribution >= 4 is 34.2 Å². The van der Waals surface area contributed by atoms with Crippen LogP contribution in [-0.4, -0.2) is 12.0 Å². The summed E-state index contributed by atoms with van der Waals surface area (Å²) >= 11 is 1.86. The number of nitro benzene ring substituents is 1. The topological polar surface area (TPSA) is 60.5 Å². The SMILES string of the molecule is CN([N-]I)c1ccc([N+](=O)[O-])cc1. The van der Waals surface area contributed by atoms with Gasteiger partial charge in [0.05, 0.1) is 4.92 Å². The predicted octanol–water partition coefficient (Wildman–Crippen LogP) is 2.67. The van der Waals surface area contributed by atoms with Crippen LogP contribution in [-0.2, 0) is 0 Å². The summed E-state index contributed by atoms with van der Waals surface area (Å²) in [6, 6.07) is 6.21. The van der Waals surface area contributed by atoms with Crippen molar-refractivity contribution in [3.63, 3.8) is 0 Å². The summed E-state index contributed by atoms with van der Waals surface area (Å²) in [7, 11) is 1.77. The van der Waals surface area contributed by atoms with E-state index in [1.165, 1.54) is 12.1 Å². The first kappa shape index (κ1) is 10.2. The van der Waals surface area contributed by atoms with Crippen LogP contribution in [0.3, 0.4) is 0 Å². The molecule has 0 aliphatic heterocycles. The Hall–Kier alpha value is -0.890. The third-order valence-corrected chi connectivity index (χ3v) is 2.19. The maximum Gasteiger partial charge on any atom is 0.269 e. The molecule has 0 radical (unpaired) electrons. The van der Waals surface area contributed by atoms with Crippen LogP contribution < -0.4 is 5.01 Å². The van der Waals surface area contributed by atoms with Gasteiger partial charge in [-0.1, -0.05) is 0 Å². The average Bonchev–Trinajstić information content (AvgIpc) is 2.17. The van der Waals surface area contributed by atoms with Crippen molar-refractivity contribution in [2.24, 2.45) is 0 Å². The zero-order chi connectivity index (χ0) is 9.84. The molecule has 0 saturated heterocycles. The highest BCUT2D eigenvalue weighted by molar-refractivity contribution is 14.1. The maximum atomic E-state index is 10.3. The smallest absolute Gasteiger partial charge is 0.269 e. The Bertz CT molecular complexity index is 301. The number of halogens is 1. The molecule has 1 rings (SSSR count). The normalized spacial score (nSPS) is 9.69. The predicted molar refractivity (Wildman–Crippen MR) is 58.9 cm³/mol. The van der Waals surface area contributed by atoms with Crippen LogP contribution in [0.25, 0.3) is 3.64 Å². The molecule has 0 N–H and O–H groups in total. The summed E-state index contributed by atoms with van der Waals surface area (Å²) < 4.78 is 3.87. The Kier molecular flexibility index (Phi) is 3.43. The van der Waals surface area contributed by atoms with Gasteiger partial charge in [0, 0.05) is 17.8 Å². The summed E-state index contributed by atoms with van der Waals surface area (Å²) in [5, 5.41) is 11.9. The van der Waals surface area contributed by atoms with Gasteiger partial charge in [0.1, 0.15) is 0 Å². The quantitative estimate of drug-likeness (QED) is 0.489. The molecule has 0 aliphatic rings. The summed E-state index contributed by atoms with van der Waals surface area (Å²) in [5.74, 6) is 0. The number of anilines is 1. The molecule has 0 fully saturated rings. The average molecular weight is 292 g/mol. The fraction of sp³-hybridized carbons (Fsp3) is 0.143. The number of non-ortho nitro benzene ring substituents is 1. The molecule has 70 valence electrons. The molecule has 5 nitrogen and oxygen atoms in total. The minimum atomic E-state index is -0.426. The molecule has 1 aromatic carbocycles. The van der Waals surface area contributed by atoms with Gasteiger partial charge in [-0.25, -0.2) is 22.9 Å². The lowest BCUT2D eigenvalue weighted by molar-refractivity contribution is -0.384. The molecule has 1 aromatic rings. The second kappa shape index (κ2) is 4.38. The van der Waals surface area contributed by atoms with Crippen LogP contribution in [0.1, 0.15) is 0 Å². The van der Waals surface area contributed by atoms with Crippen molar-refractivity contribution in [3.8, 4) is 0 Å². The van der Waals surface area contributed by atoms with E-state index in [0.29, 0.717) is 0 Å². The van der Waals surface area contributed by atoms with Gasteiger partial charge in [-0.3, -0.25) is 10.1 Å². The monoisotopic (exact) mass is 292 g/mol. The molecular weight excluding hydrogens is 285 g/mol. The molecule has 0 aromatic heterocycles. The Morgan fingerprint density at radius 2 is 2.00 bits per heavy atom. The van der Waals surface area contributed by atoms with Crippen molar-refractivity contribution in [3.05, 3.63) is 38.0 Å². The van der Waals surface area contributed by atoms with E-state index in [1.807, 2.05) is 22.9 Å². The lowest BCUT2D eigenvalue weighted by Gasteiger charge is -2.29. The number of hydrogen-bond acceptors (Lipinski definition) is 3. The van der Waals surface area contributed by atoms with E-state index in [4.69, 9.17) is 0 Å². The van der Waals surface area contributed by atoms with E-state index in [0.717, 1.165) is 5.69 Å². The maximum absolute atomic E-state index is 10.3. The van der Waals surface area contributed by atoms with Gasteiger partial charge in [0.15, 0.2) is 0 Å². The van der Waals surface area contributed by atoms with Crippen molar-refractivity contribution in [1.29, 1.82) is 0 Å². The second-order valence-corrected chi connectivity index (χ2v) is 2.80. The van der Waals surface area contributed by atoms with Crippen LogP contribution in [0.15, 0.2) is 24.3 Å². The minimum Gasteiger partial charge on any atom is -0.508 e. The van der Waals surface area contributed by atoms with Gasteiger partial charge in [0.2, 0.25) is 0 Å². The second-order valence-electron chi connectivity index (χ2n) is 2.37. The van der Waals surface area contributed by atoms with E-state index in [1.54, 1.807) is 24.2 Å². The number of nitro groups is 1. The number of rotatable bonds is 3. The molecule has 0 heterocycles. The molecule has 0 aliphatic carbocycles. The van der Waals surface area contributed by atoms with E-state index in [2.05, 4.69) is 3.64 Å². The lowest BCUT2D eigenvalue weighted by atomic mass is 10.3. The molecule has 0 spiro atoms. The molecule has 0 bridgehead atoms. The number of hydrogen-bond donors (Lipinski definition) is 0. The van der Waals surface area contributed by atoms with Crippen LogP contribution in [0.4, 0.5) is 11.4 Å². The fourth-order valence-electron chi connectivity index (χ4n) is 0.834. The Morgan fingerprint density at radius 1 is 1.46 bits per heavy atom. The Morgan fingerprint density at radius 3 is 2.38 bits per heavy atom. The third kappa shape index (κ3) is 2.52. The molecular formula is C7H7IN3O2-. The van der Waals surface area contributed by atoms with Crippen LogP contribution in [0, 0.1) is 10.1 Å². The van der Waals surface area contributed by atoms with Crippen LogP contribution in [0.5, 0.6) is 0 Å². The van der Waals surface area contributed by atoms with E-state index in [-0.39, 0.29) is 5.69 Å². The highest BCUT2D eigenvalue weighted by Gasteiger charge is 2.02. The highest BCUT2D eigenvalue weighted by Crippen LogP contribution is 2.21. The zero-order valence-corrected chi connectivity index (χ0v) is 9.00. The summed E-state index contributed by atoms with van der Waals surface area (Å²) in [4.78, 5) is 9.89.